The number of ether oxygens (including phenoxy) is 1. The second-order valence-electron chi connectivity index (χ2n) is 7.52. The van der Waals surface area contributed by atoms with Gasteiger partial charge in [-0.2, -0.15) is 0 Å². The lowest BCUT2D eigenvalue weighted by molar-refractivity contribution is 0.0744. The highest BCUT2D eigenvalue weighted by atomic mass is 16.5. The van der Waals surface area contributed by atoms with Gasteiger partial charge in [0.25, 0.3) is 5.91 Å². The van der Waals surface area contributed by atoms with Crippen LogP contribution in [0.4, 0.5) is 0 Å². The molecule has 2 aromatic rings. The Balaban J connectivity index is 1.53. The van der Waals surface area contributed by atoms with Gasteiger partial charge in [-0.05, 0) is 42.5 Å². The van der Waals surface area contributed by atoms with E-state index in [2.05, 4.69) is 5.32 Å². The van der Waals surface area contributed by atoms with Crippen molar-refractivity contribution in [1.29, 1.82) is 0 Å². The van der Waals surface area contributed by atoms with E-state index in [1.807, 2.05) is 54.6 Å². The molecule has 5 nitrogen and oxygen atoms in total. The number of likely N-dealkylation sites (N-methyl/N-ethyl adjacent to an activating group) is 1. The molecule has 2 N–H and O–H groups in total. The van der Waals surface area contributed by atoms with Crippen molar-refractivity contribution in [3.63, 3.8) is 0 Å². The molecule has 1 fully saturated rings. The first-order valence-corrected chi connectivity index (χ1v) is 9.91. The van der Waals surface area contributed by atoms with Crippen LogP contribution in [0, 0.1) is 0 Å². The number of carbonyl (C=O) groups is 1. The zero-order valence-corrected chi connectivity index (χ0v) is 16.7. The first-order valence-electron chi connectivity index (χ1n) is 9.91. The van der Waals surface area contributed by atoms with E-state index in [-0.39, 0.29) is 11.9 Å². The number of hydrogen-bond acceptors (Lipinski definition) is 4. The van der Waals surface area contributed by atoms with Gasteiger partial charge in [0.15, 0.2) is 0 Å². The SMILES string of the molecule is COCCN(C)C(=O)c1ccc(C[C@@H]2CC[C@H](C(O)c3ccccc3)N2)cc1. The number of nitrogens with one attached hydrogen (secondary N) is 1. The molecule has 1 heterocycles. The highest BCUT2D eigenvalue weighted by Gasteiger charge is 2.29. The summed E-state index contributed by atoms with van der Waals surface area (Å²) in [4.78, 5) is 14.1. The van der Waals surface area contributed by atoms with Crippen LogP contribution < -0.4 is 5.32 Å². The maximum Gasteiger partial charge on any atom is 0.253 e. The molecule has 0 radical (unpaired) electrons. The van der Waals surface area contributed by atoms with Gasteiger partial charge < -0.3 is 20.1 Å². The summed E-state index contributed by atoms with van der Waals surface area (Å²) < 4.78 is 5.03. The Morgan fingerprint density at radius 2 is 1.89 bits per heavy atom. The van der Waals surface area contributed by atoms with Crippen LogP contribution >= 0.6 is 0 Å². The fourth-order valence-corrected chi connectivity index (χ4v) is 3.76. The van der Waals surface area contributed by atoms with Crippen LogP contribution in [-0.4, -0.2) is 55.3 Å². The number of methoxy groups -OCH3 is 1. The first kappa shape index (κ1) is 20.5. The molecule has 28 heavy (non-hydrogen) atoms. The van der Waals surface area contributed by atoms with Crippen LogP contribution in [0.15, 0.2) is 54.6 Å². The van der Waals surface area contributed by atoms with Gasteiger partial charge in [-0.1, -0.05) is 42.5 Å². The lowest BCUT2D eigenvalue weighted by Gasteiger charge is -2.20. The van der Waals surface area contributed by atoms with Crippen molar-refractivity contribution >= 4 is 5.91 Å². The smallest absolute Gasteiger partial charge is 0.253 e. The molecule has 0 aromatic heterocycles. The molecular weight excluding hydrogens is 352 g/mol. The Labute approximate surface area is 167 Å². The van der Waals surface area contributed by atoms with Crippen LogP contribution in [0.25, 0.3) is 0 Å². The average Bonchev–Trinajstić information content (AvgIpc) is 3.20. The normalized spacial score (nSPS) is 20.1. The van der Waals surface area contributed by atoms with Crippen LogP contribution in [0.1, 0.15) is 40.4 Å². The molecule has 1 aliphatic heterocycles. The summed E-state index contributed by atoms with van der Waals surface area (Å²) in [5.74, 6) is 0.00800. The van der Waals surface area contributed by atoms with E-state index < -0.39 is 6.10 Å². The summed E-state index contributed by atoms with van der Waals surface area (Å²) >= 11 is 0. The van der Waals surface area contributed by atoms with Crippen molar-refractivity contribution in [2.24, 2.45) is 0 Å². The van der Waals surface area contributed by atoms with Gasteiger partial charge in [0.2, 0.25) is 0 Å². The lowest BCUT2D eigenvalue weighted by atomic mass is 10.0. The van der Waals surface area contributed by atoms with Gasteiger partial charge in [0, 0.05) is 38.3 Å². The molecule has 150 valence electrons. The van der Waals surface area contributed by atoms with E-state index in [9.17, 15) is 9.90 Å². The Hall–Kier alpha value is -2.21. The largest absolute Gasteiger partial charge is 0.387 e. The van der Waals surface area contributed by atoms with Crippen molar-refractivity contribution in [3.8, 4) is 0 Å². The van der Waals surface area contributed by atoms with Crippen molar-refractivity contribution < 1.29 is 14.6 Å². The summed E-state index contributed by atoms with van der Waals surface area (Å²) in [6, 6.07) is 18.1. The van der Waals surface area contributed by atoms with Gasteiger partial charge >= 0.3 is 0 Å². The quantitative estimate of drug-likeness (QED) is 0.737. The molecule has 1 amide bonds. The molecule has 0 aliphatic carbocycles. The number of hydrogen-bond donors (Lipinski definition) is 2. The van der Waals surface area contributed by atoms with Crippen molar-refractivity contribution in [3.05, 3.63) is 71.3 Å². The van der Waals surface area contributed by atoms with E-state index >= 15 is 0 Å². The fraction of sp³-hybridized carbons (Fsp3) is 0.435. The maximum atomic E-state index is 12.4. The predicted molar refractivity (Wildman–Crippen MR) is 110 cm³/mol. The third-order valence-corrected chi connectivity index (χ3v) is 5.46. The predicted octanol–water partition coefficient (Wildman–Crippen LogP) is 2.80. The summed E-state index contributed by atoms with van der Waals surface area (Å²) in [6.45, 7) is 1.11. The second-order valence-corrected chi connectivity index (χ2v) is 7.52. The van der Waals surface area contributed by atoms with E-state index in [0.717, 1.165) is 24.8 Å². The highest BCUT2D eigenvalue weighted by molar-refractivity contribution is 5.94. The van der Waals surface area contributed by atoms with E-state index in [4.69, 9.17) is 4.74 Å². The van der Waals surface area contributed by atoms with E-state index in [1.165, 1.54) is 5.56 Å². The van der Waals surface area contributed by atoms with Gasteiger partial charge in [0.05, 0.1) is 12.7 Å². The van der Waals surface area contributed by atoms with Crippen LogP contribution in [0.2, 0.25) is 0 Å². The third-order valence-electron chi connectivity index (χ3n) is 5.46. The Kier molecular flexibility index (Phi) is 7.20. The molecule has 0 bridgehead atoms. The van der Waals surface area contributed by atoms with Crippen LogP contribution in [0.3, 0.4) is 0 Å². The molecule has 3 atom stereocenters. The Morgan fingerprint density at radius 1 is 1.18 bits per heavy atom. The highest BCUT2D eigenvalue weighted by Crippen LogP contribution is 2.26. The second kappa shape index (κ2) is 9.82. The summed E-state index contributed by atoms with van der Waals surface area (Å²) in [6.07, 6.45) is 2.41. The number of carbonyl (C=O) groups excluding carboxylic acids is 1. The number of benzene rings is 2. The van der Waals surface area contributed by atoms with Gasteiger partial charge in [0.1, 0.15) is 0 Å². The van der Waals surface area contributed by atoms with Crippen LogP contribution in [0.5, 0.6) is 0 Å². The number of aliphatic hydroxyl groups excluding tert-OH is 1. The van der Waals surface area contributed by atoms with Gasteiger partial charge in [-0.15, -0.1) is 0 Å². The molecule has 2 aromatic carbocycles. The Morgan fingerprint density at radius 3 is 2.57 bits per heavy atom. The molecule has 1 unspecified atom stereocenters. The van der Waals surface area contributed by atoms with Crippen molar-refractivity contribution in [1.82, 2.24) is 10.2 Å². The summed E-state index contributed by atoms with van der Waals surface area (Å²) in [5.41, 5.74) is 2.85. The summed E-state index contributed by atoms with van der Waals surface area (Å²) in [7, 11) is 3.42. The Bertz CT molecular complexity index is 748. The maximum absolute atomic E-state index is 12.4. The zero-order valence-electron chi connectivity index (χ0n) is 16.7. The number of amides is 1. The minimum absolute atomic E-state index is 0.00800. The van der Waals surface area contributed by atoms with Crippen molar-refractivity contribution in [2.75, 3.05) is 27.3 Å². The third kappa shape index (κ3) is 5.19. The zero-order chi connectivity index (χ0) is 19.9. The number of aliphatic hydroxyl groups is 1. The molecule has 0 saturated carbocycles. The van der Waals surface area contributed by atoms with E-state index in [1.54, 1.807) is 19.1 Å². The molecule has 3 rings (SSSR count). The van der Waals surface area contributed by atoms with Crippen molar-refractivity contribution in [2.45, 2.75) is 37.5 Å². The number of rotatable bonds is 8. The summed E-state index contributed by atoms with van der Waals surface area (Å²) in [5, 5.41) is 14.2. The minimum Gasteiger partial charge on any atom is -0.387 e. The molecule has 5 heteroatoms. The topological polar surface area (TPSA) is 61.8 Å². The minimum atomic E-state index is -0.478. The van der Waals surface area contributed by atoms with Gasteiger partial charge in [-0.25, -0.2) is 0 Å². The first-order chi connectivity index (χ1) is 13.6. The standard InChI is InChI=1S/C23H30N2O3/c1-25(14-15-28-2)23(27)19-10-8-17(9-11-19)16-20-12-13-21(24-20)22(26)18-6-4-3-5-7-18/h3-11,20-22,24,26H,12-16H2,1-2H3/t20-,21+,22?/m0/s1. The molecule has 0 spiro atoms. The lowest BCUT2D eigenvalue weighted by Crippen LogP contribution is -2.35. The van der Waals surface area contributed by atoms with E-state index in [0.29, 0.717) is 24.8 Å². The fourth-order valence-electron chi connectivity index (χ4n) is 3.76. The monoisotopic (exact) mass is 382 g/mol. The number of nitrogens with zero attached hydrogens (tertiary/aromatic N) is 1. The molecular formula is C23H30N2O3. The van der Waals surface area contributed by atoms with Crippen LogP contribution in [-0.2, 0) is 11.2 Å². The molecule has 1 aliphatic rings. The average molecular weight is 383 g/mol. The molecule has 1 saturated heterocycles. The van der Waals surface area contributed by atoms with Gasteiger partial charge in [-0.3, -0.25) is 4.79 Å².